The Balaban J connectivity index is 2.43. The molecule has 2 aromatic carbocycles. The molecule has 1 N–H and O–H groups in total. The SMILES string of the molecule is OCCc1cc2ccccc2c2sccc12. The molecule has 0 saturated carbocycles. The third kappa shape index (κ3) is 1.42. The van der Waals surface area contributed by atoms with E-state index in [1.165, 1.54) is 26.4 Å². The molecule has 1 aromatic heterocycles. The minimum absolute atomic E-state index is 0.212. The molecule has 0 atom stereocenters. The fraction of sp³-hybridized carbons (Fsp3) is 0.143. The predicted octanol–water partition coefficient (Wildman–Crippen LogP) is 3.59. The highest BCUT2D eigenvalue weighted by atomic mass is 32.1. The molecule has 0 saturated heterocycles. The van der Waals surface area contributed by atoms with E-state index in [0.717, 1.165) is 6.42 Å². The Hall–Kier alpha value is -1.38. The van der Waals surface area contributed by atoms with Crippen LogP contribution in [0.1, 0.15) is 5.56 Å². The van der Waals surface area contributed by atoms with E-state index in [9.17, 15) is 0 Å². The molecular weight excluding hydrogens is 216 g/mol. The van der Waals surface area contributed by atoms with Crippen LogP contribution >= 0.6 is 11.3 Å². The van der Waals surface area contributed by atoms with Gasteiger partial charge in [0.15, 0.2) is 0 Å². The molecule has 3 aromatic rings. The van der Waals surface area contributed by atoms with Gasteiger partial charge in [-0.15, -0.1) is 11.3 Å². The van der Waals surface area contributed by atoms with Crippen molar-refractivity contribution in [3.63, 3.8) is 0 Å². The molecule has 1 heterocycles. The summed E-state index contributed by atoms with van der Waals surface area (Å²) in [5.41, 5.74) is 1.25. The number of hydrogen-bond donors (Lipinski definition) is 1. The summed E-state index contributed by atoms with van der Waals surface area (Å²) in [6, 6.07) is 12.8. The second kappa shape index (κ2) is 3.89. The van der Waals surface area contributed by atoms with Crippen molar-refractivity contribution in [2.75, 3.05) is 6.61 Å². The topological polar surface area (TPSA) is 20.2 Å². The van der Waals surface area contributed by atoms with Crippen molar-refractivity contribution in [3.05, 3.63) is 47.3 Å². The number of aliphatic hydroxyl groups excluding tert-OH is 1. The second-order valence-electron chi connectivity index (χ2n) is 3.89. The zero-order valence-corrected chi connectivity index (χ0v) is 9.63. The maximum Gasteiger partial charge on any atom is 0.0471 e. The monoisotopic (exact) mass is 228 g/mol. The Morgan fingerprint density at radius 3 is 2.81 bits per heavy atom. The first-order valence-corrected chi connectivity index (χ1v) is 6.27. The Bertz CT molecular complexity index is 639. The zero-order valence-electron chi connectivity index (χ0n) is 8.81. The highest BCUT2D eigenvalue weighted by Crippen LogP contribution is 2.32. The standard InChI is InChI=1S/C14H12OS/c15-7-5-11-9-10-3-1-2-4-12(10)14-13(11)6-8-16-14/h1-4,6,8-9,15H,5,7H2. The Kier molecular flexibility index (Phi) is 2.39. The van der Waals surface area contributed by atoms with Gasteiger partial charge in [-0.1, -0.05) is 30.3 Å². The molecule has 0 aliphatic heterocycles. The summed E-state index contributed by atoms with van der Waals surface area (Å²) in [4.78, 5) is 0. The van der Waals surface area contributed by atoms with Crippen molar-refractivity contribution in [2.45, 2.75) is 6.42 Å². The summed E-state index contributed by atoms with van der Waals surface area (Å²) >= 11 is 1.78. The highest BCUT2D eigenvalue weighted by molar-refractivity contribution is 7.18. The van der Waals surface area contributed by atoms with Gasteiger partial charge in [-0.25, -0.2) is 0 Å². The van der Waals surface area contributed by atoms with E-state index in [-0.39, 0.29) is 6.61 Å². The maximum atomic E-state index is 9.09. The number of thiophene rings is 1. The average Bonchev–Trinajstić information content (AvgIpc) is 2.79. The average molecular weight is 228 g/mol. The number of benzene rings is 2. The lowest BCUT2D eigenvalue weighted by molar-refractivity contribution is 0.300. The van der Waals surface area contributed by atoms with E-state index in [1.54, 1.807) is 11.3 Å². The fourth-order valence-corrected chi connectivity index (χ4v) is 3.17. The van der Waals surface area contributed by atoms with Crippen molar-refractivity contribution >= 4 is 32.2 Å². The minimum Gasteiger partial charge on any atom is -0.396 e. The molecule has 0 aliphatic carbocycles. The van der Waals surface area contributed by atoms with Crippen molar-refractivity contribution in [2.24, 2.45) is 0 Å². The third-order valence-electron chi connectivity index (χ3n) is 2.93. The number of fused-ring (bicyclic) bond motifs is 3. The molecule has 0 radical (unpaired) electrons. The molecule has 16 heavy (non-hydrogen) atoms. The minimum atomic E-state index is 0.212. The Labute approximate surface area is 98.0 Å². The van der Waals surface area contributed by atoms with Gasteiger partial charge in [0.2, 0.25) is 0 Å². The quantitative estimate of drug-likeness (QED) is 0.710. The molecule has 2 heteroatoms. The van der Waals surface area contributed by atoms with E-state index in [4.69, 9.17) is 5.11 Å². The van der Waals surface area contributed by atoms with Gasteiger partial charge in [-0.2, -0.15) is 0 Å². The van der Waals surface area contributed by atoms with Gasteiger partial charge >= 0.3 is 0 Å². The first-order chi connectivity index (χ1) is 7.90. The molecule has 0 spiro atoms. The smallest absolute Gasteiger partial charge is 0.0471 e. The zero-order chi connectivity index (χ0) is 11.0. The molecular formula is C14H12OS. The number of hydrogen-bond acceptors (Lipinski definition) is 2. The molecule has 80 valence electrons. The molecule has 0 amide bonds. The van der Waals surface area contributed by atoms with Crippen LogP contribution in [-0.4, -0.2) is 11.7 Å². The maximum absolute atomic E-state index is 9.09. The van der Waals surface area contributed by atoms with Gasteiger partial charge in [0.05, 0.1) is 0 Å². The lowest BCUT2D eigenvalue weighted by atomic mass is 10.0. The van der Waals surface area contributed by atoms with Crippen LogP contribution in [0.3, 0.4) is 0 Å². The second-order valence-corrected chi connectivity index (χ2v) is 4.81. The Morgan fingerprint density at radius 1 is 1.06 bits per heavy atom. The van der Waals surface area contributed by atoms with Gasteiger partial charge in [-0.05, 0) is 39.6 Å². The molecule has 0 fully saturated rings. The predicted molar refractivity (Wildman–Crippen MR) is 70.1 cm³/mol. The number of rotatable bonds is 2. The first-order valence-electron chi connectivity index (χ1n) is 5.39. The van der Waals surface area contributed by atoms with Gasteiger partial charge in [0.1, 0.15) is 0 Å². The fourth-order valence-electron chi connectivity index (χ4n) is 2.19. The number of aliphatic hydroxyl groups is 1. The third-order valence-corrected chi connectivity index (χ3v) is 3.88. The van der Waals surface area contributed by atoms with Crippen molar-refractivity contribution in [1.82, 2.24) is 0 Å². The van der Waals surface area contributed by atoms with Gasteiger partial charge in [0.25, 0.3) is 0 Å². The summed E-state index contributed by atoms with van der Waals surface area (Å²) < 4.78 is 1.33. The van der Waals surface area contributed by atoms with Crippen LogP contribution in [-0.2, 0) is 6.42 Å². The van der Waals surface area contributed by atoms with Gasteiger partial charge in [-0.3, -0.25) is 0 Å². The first kappa shape index (κ1) is 9.82. The van der Waals surface area contributed by atoms with E-state index >= 15 is 0 Å². The van der Waals surface area contributed by atoms with Crippen LogP contribution < -0.4 is 0 Å². The van der Waals surface area contributed by atoms with Crippen LogP contribution in [0, 0.1) is 0 Å². The molecule has 0 aliphatic rings. The van der Waals surface area contributed by atoms with Crippen molar-refractivity contribution in [1.29, 1.82) is 0 Å². The summed E-state index contributed by atoms with van der Waals surface area (Å²) in [5.74, 6) is 0. The van der Waals surface area contributed by atoms with E-state index < -0.39 is 0 Å². The molecule has 1 nitrogen and oxygen atoms in total. The lowest BCUT2D eigenvalue weighted by Crippen LogP contribution is -1.91. The summed E-state index contributed by atoms with van der Waals surface area (Å²) in [6.07, 6.45) is 0.734. The van der Waals surface area contributed by atoms with Crippen LogP contribution in [0.4, 0.5) is 0 Å². The summed E-state index contributed by atoms with van der Waals surface area (Å²) in [7, 11) is 0. The molecule has 0 unspecified atom stereocenters. The van der Waals surface area contributed by atoms with Crippen molar-refractivity contribution in [3.8, 4) is 0 Å². The van der Waals surface area contributed by atoms with Gasteiger partial charge in [0, 0.05) is 11.3 Å². The van der Waals surface area contributed by atoms with E-state index in [2.05, 4.69) is 41.8 Å². The molecule has 3 rings (SSSR count). The lowest BCUT2D eigenvalue weighted by Gasteiger charge is -2.05. The van der Waals surface area contributed by atoms with E-state index in [1.807, 2.05) is 0 Å². The Morgan fingerprint density at radius 2 is 1.94 bits per heavy atom. The largest absolute Gasteiger partial charge is 0.396 e. The summed E-state index contributed by atoms with van der Waals surface area (Å²) in [6.45, 7) is 0.212. The molecule has 0 bridgehead atoms. The van der Waals surface area contributed by atoms with Crippen LogP contribution in [0.25, 0.3) is 20.9 Å². The summed E-state index contributed by atoms with van der Waals surface area (Å²) in [5, 5.41) is 15.1. The van der Waals surface area contributed by atoms with Crippen molar-refractivity contribution < 1.29 is 5.11 Å². The van der Waals surface area contributed by atoms with Crippen LogP contribution in [0.15, 0.2) is 41.8 Å². The van der Waals surface area contributed by atoms with E-state index in [0.29, 0.717) is 0 Å². The van der Waals surface area contributed by atoms with Crippen LogP contribution in [0.5, 0.6) is 0 Å². The van der Waals surface area contributed by atoms with Crippen LogP contribution in [0.2, 0.25) is 0 Å². The highest BCUT2D eigenvalue weighted by Gasteiger charge is 2.06. The normalized spacial score (nSPS) is 11.3. The van der Waals surface area contributed by atoms with Gasteiger partial charge < -0.3 is 5.11 Å².